The van der Waals surface area contributed by atoms with E-state index in [9.17, 15) is 19.2 Å². The molecule has 0 amide bonds. The number of benzene rings is 7. The van der Waals surface area contributed by atoms with Crippen molar-refractivity contribution in [1.82, 2.24) is 0 Å². The third-order valence-electron chi connectivity index (χ3n) is 12.9. The predicted octanol–water partition coefficient (Wildman–Crippen LogP) is 9.39. The molecular formula is C64H58O15. The Kier molecular flexibility index (Phi) is 19.9. The summed E-state index contributed by atoms with van der Waals surface area (Å²) in [5.74, 6) is -0.784. The van der Waals surface area contributed by atoms with Crippen molar-refractivity contribution in [1.29, 1.82) is 0 Å². The van der Waals surface area contributed by atoms with Crippen LogP contribution in [0.25, 0.3) is 0 Å². The summed E-state index contributed by atoms with van der Waals surface area (Å²) >= 11 is 0. The van der Waals surface area contributed by atoms with E-state index in [-0.39, 0.29) is 48.7 Å². The number of esters is 4. The van der Waals surface area contributed by atoms with Crippen LogP contribution in [0.2, 0.25) is 0 Å². The van der Waals surface area contributed by atoms with Gasteiger partial charge in [0.05, 0.1) is 48.7 Å². The Labute approximate surface area is 458 Å². The van der Waals surface area contributed by atoms with Crippen LogP contribution in [0, 0.1) is 12.3 Å². The first-order valence-corrected chi connectivity index (χ1v) is 25.8. The highest BCUT2D eigenvalue weighted by Crippen LogP contribution is 2.35. The van der Waals surface area contributed by atoms with E-state index in [2.05, 4.69) is 5.92 Å². The summed E-state index contributed by atoms with van der Waals surface area (Å²) in [4.78, 5) is 56.5. The lowest BCUT2D eigenvalue weighted by Crippen LogP contribution is -2.64. The zero-order chi connectivity index (χ0) is 54.6. The Morgan fingerprint density at radius 3 is 1.13 bits per heavy atom. The standard InChI is InChI=1S/C64H58O15/c1-2-38-69-63-57(72-41-46-28-14-5-15-29-46)55(71-40-45-26-12-4-13-27-45)53(70-39-44-24-10-3-11-25-44)51(75-63)43-74-64-58(79-62(68)50-36-22-9-23-37-50)56(78-61(67)49-34-20-8-21-35-49)54(77-60(66)48-32-18-7-19-33-48)52(76-64)42-73-59(65)47-30-16-6-17-31-47/h1,3-37,51-58,63-64H,38-43H2/t51-,52-,53-,54-,55+,56+,57+,58-,63+,64-/m1/s1. The second-order valence-corrected chi connectivity index (χ2v) is 18.4. The monoisotopic (exact) mass is 1070 g/mol. The summed E-state index contributed by atoms with van der Waals surface area (Å²) in [5.41, 5.74) is 3.19. The molecule has 15 nitrogen and oxygen atoms in total. The van der Waals surface area contributed by atoms with Crippen molar-refractivity contribution in [3.05, 3.63) is 251 Å². The molecule has 0 N–H and O–H groups in total. The van der Waals surface area contributed by atoms with Crippen molar-refractivity contribution >= 4 is 23.9 Å². The first-order valence-electron chi connectivity index (χ1n) is 25.8. The van der Waals surface area contributed by atoms with Crippen LogP contribution in [-0.2, 0) is 71.9 Å². The van der Waals surface area contributed by atoms with Crippen LogP contribution in [0.3, 0.4) is 0 Å². The van der Waals surface area contributed by atoms with E-state index in [4.69, 9.17) is 58.5 Å². The number of rotatable bonds is 23. The van der Waals surface area contributed by atoms with Gasteiger partial charge in [-0.2, -0.15) is 0 Å². The number of ether oxygens (including phenoxy) is 11. The molecule has 0 saturated carbocycles. The molecule has 0 aromatic heterocycles. The van der Waals surface area contributed by atoms with E-state index in [0.29, 0.717) is 0 Å². The summed E-state index contributed by atoms with van der Waals surface area (Å²) in [7, 11) is 0. The minimum absolute atomic E-state index is 0.0932. The van der Waals surface area contributed by atoms with Crippen LogP contribution < -0.4 is 0 Å². The third-order valence-corrected chi connectivity index (χ3v) is 12.9. The molecule has 0 radical (unpaired) electrons. The molecule has 404 valence electrons. The number of carbonyl (C=O) groups is 4. The van der Waals surface area contributed by atoms with Gasteiger partial charge in [0, 0.05) is 0 Å². The van der Waals surface area contributed by atoms with Gasteiger partial charge in [0.2, 0.25) is 0 Å². The normalized spacial score (nSPS) is 22.6. The first-order chi connectivity index (χ1) is 38.8. The molecule has 2 heterocycles. The maximum atomic E-state index is 14.4. The molecule has 79 heavy (non-hydrogen) atoms. The van der Waals surface area contributed by atoms with Crippen molar-refractivity contribution in [3.63, 3.8) is 0 Å². The molecule has 2 saturated heterocycles. The Balaban J connectivity index is 1.11. The van der Waals surface area contributed by atoms with E-state index < -0.39 is 98.5 Å². The molecule has 0 spiro atoms. The first kappa shape index (κ1) is 55.5. The fourth-order valence-corrected chi connectivity index (χ4v) is 9.00. The van der Waals surface area contributed by atoms with Crippen molar-refractivity contribution in [2.45, 2.75) is 81.2 Å². The number of hydrogen-bond acceptors (Lipinski definition) is 15. The van der Waals surface area contributed by atoms with Gasteiger partial charge in [-0.1, -0.05) is 170 Å². The van der Waals surface area contributed by atoms with Crippen LogP contribution in [0.5, 0.6) is 0 Å². The average Bonchev–Trinajstić information content (AvgIpc) is 3.53. The Morgan fingerprint density at radius 1 is 0.354 bits per heavy atom. The Hall–Kier alpha value is -8.30. The van der Waals surface area contributed by atoms with Gasteiger partial charge in [-0.25, -0.2) is 19.2 Å². The highest BCUT2D eigenvalue weighted by atomic mass is 16.8. The van der Waals surface area contributed by atoms with Crippen molar-refractivity contribution in [3.8, 4) is 12.3 Å². The smallest absolute Gasteiger partial charge is 0.338 e. The van der Waals surface area contributed by atoms with Crippen molar-refractivity contribution in [2.75, 3.05) is 19.8 Å². The summed E-state index contributed by atoms with van der Waals surface area (Å²) in [6.07, 6.45) is -7.42. The van der Waals surface area contributed by atoms with Gasteiger partial charge in [0.15, 0.2) is 30.9 Å². The fourth-order valence-electron chi connectivity index (χ4n) is 9.00. The lowest BCUT2D eigenvalue weighted by atomic mass is 9.96. The lowest BCUT2D eigenvalue weighted by molar-refractivity contribution is -0.342. The van der Waals surface area contributed by atoms with Crippen LogP contribution in [-0.4, -0.2) is 105 Å². The molecule has 0 aliphatic carbocycles. The SMILES string of the molecule is C#CCO[C@H]1O[C@H](CO[C@@H]2O[C@H](COC(=O)c3ccccc3)[C@@H](OC(=O)c3ccccc3)[C@H](OC(=O)c3ccccc3)[C@H]2OC(=O)c2ccccc2)[C@@H](OCc2ccccc2)[C@H](OCc2ccccc2)[C@@H]1OCc1ccccc1. The maximum Gasteiger partial charge on any atom is 0.338 e. The van der Waals surface area contributed by atoms with Gasteiger partial charge in [0.1, 0.15) is 43.7 Å². The predicted molar refractivity (Wildman–Crippen MR) is 287 cm³/mol. The lowest BCUT2D eigenvalue weighted by Gasteiger charge is -2.47. The van der Waals surface area contributed by atoms with E-state index in [1.807, 2.05) is 91.0 Å². The largest absolute Gasteiger partial charge is 0.459 e. The van der Waals surface area contributed by atoms with Crippen LogP contribution in [0.15, 0.2) is 212 Å². The van der Waals surface area contributed by atoms with Crippen molar-refractivity contribution in [2.24, 2.45) is 0 Å². The van der Waals surface area contributed by atoms with E-state index in [0.717, 1.165) is 16.7 Å². The molecule has 10 atom stereocenters. The summed E-state index contributed by atoms with van der Waals surface area (Å²) < 4.78 is 71.7. The quantitative estimate of drug-likeness (QED) is 0.0337. The van der Waals surface area contributed by atoms with Crippen LogP contribution in [0.1, 0.15) is 58.1 Å². The molecule has 9 rings (SSSR count). The molecule has 15 heteroatoms. The molecule has 2 aliphatic heterocycles. The molecule has 2 fully saturated rings. The van der Waals surface area contributed by atoms with Crippen molar-refractivity contribution < 1.29 is 71.3 Å². The minimum atomic E-state index is -1.69. The molecular weight excluding hydrogens is 1010 g/mol. The Morgan fingerprint density at radius 2 is 0.696 bits per heavy atom. The minimum Gasteiger partial charge on any atom is -0.459 e. The zero-order valence-electron chi connectivity index (χ0n) is 42.9. The highest BCUT2D eigenvalue weighted by molar-refractivity contribution is 5.91. The van der Waals surface area contributed by atoms with E-state index in [1.165, 1.54) is 24.3 Å². The van der Waals surface area contributed by atoms with Gasteiger partial charge in [-0.15, -0.1) is 6.42 Å². The molecule has 0 unspecified atom stereocenters. The van der Waals surface area contributed by atoms with Gasteiger partial charge in [0.25, 0.3) is 0 Å². The molecule has 7 aromatic carbocycles. The number of hydrogen-bond donors (Lipinski definition) is 0. The van der Waals surface area contributed by atoms with Gasteiger partial charge < -0.3 is 52.1 Å². The second kappa shape index (κ2) is 28.4. The van der Waals surface area contributed by atoms with Crippen LogP contribution in [0.4, 0.5) is 0 Å². The van der Waals surface area contributed by atoms with Gasteiger partial charge in [-0.05, 0) is 65.2 Å². The van der Waals surface area contributed by atoms with Gasteiger partial charge >= 0.3 is 23.9 Å². The van der Waals surface area contributed by atoms with E-state index >= 15 is 0 Å². The van der Waals surface area contributed by atoms with Crippen LogP contribution >= 0.6 is 0 Å². The summed E-state index contributed by atoms with van der Waals surface area (Å²) in [6.45, 7) is -0.783. The fraction of sp³-hybridized carbons (Fsp3) is 0.250. The number of terminal acetylenes is 1. The molecule has 0 bridgehead atoms. The topological polar surface area (TPSA) is 170 Å². The summed E-state index contributed by atoms with van der Waals surface area (Å²) in [6, 6.07) is 61.2. The Bertz CT molecular complexity index is 3040. The van der Waals surface area contributed by atoms with Gasteiger partial charge in [-0.3, -0.25) is 0 Å². The summed E-state index contributed by atoms with van der Waals surface area (Å²) in [5, 5.41) is 0. The van der Waals surface area contributed by atoms with E-state index in [1.54, 1.807) is 97.1 Å². The third kappa shape index (κ3) is 15.3. The molecule has 7 aromatic rings. The number of carbonyl (C=O) groups excluding carboxylic acids is 4. The maximum absolute atomic E-state index is 14.4. The average molecular weight is 1070 g/mol. The highest BCUT2D eigenvalue weighted by Gasteiger charge is 2.55. The zero-order valence-corrected chi connectivity index (χ0v) is 42.9. The molecule has 2 aliphatic rings. The second-order valence-electron chi connectivity index (χ2n) is 18.4.